The second kappa shape index (κ2) is 8.50. The van der Waals surface area contributed by atoms with Crippen LogP contribution < -0.4 is 0 Å². The zero-order valence-corrected chi connectivity index (χ0v) is 20.0. The van der Waals surface area contributed by atoms with Crippen LogP contribution in [0.1, 0.15) is 77.6 Å². The van der Waals surface area contributed by atoms with Crippen LogP contribution in [0.2, 0.25) is 0 Å². The molecule has 0 bridgehead atoms. The highest BCUT2D eigenvalue weighted by atomic mass is 16.7. The highest BCUT2D eigenvalue weighted by molar-refractivity contribution is 5.45. The van der Waals surface area contributed by atoms with Gasteiger partial charge in [0, 0.05) is 24.9 Å². The lowest BCUT2D eigenvalue weighted by Gasteiger charge is -2.50. The van der Waals surface area contributed by atoms with Gasteiger partial charge in [0.25, 0.3) is 0 Å². The molecular formula is C28H38O5. The highest BCUT2D eigenvalue weighted by Gasteiger charge is 2.60. The fourth-order valence-corrected chi connectivity index (χ4v) is 7.67. The summed E-state index contributed by atoms with van der Waals surface area (Å²) >= 11 is 0. The molecule has 5 heteroatoms. The molecule has 4 aliphatic carbocycles. The third kappa shape index (κ3) is 3.74. The summed E-state index contributed by atoms with van der Waals surface area (Å²) in [6.07, 6.45) is 13.5. The van der Waals surface area contributed by atoms with Crippen LogP contribution in [-0.4, -0.2) is 49.2 Å². The van der Waals surface area contributed by atoms with Crippen LogP contribution in [0, 0.1) is 29.1 Å². The van der Waals surface area contributed by atoms with Crippen LogP contribution in [0.5, 0.6) is 0 Å². The van der Waals surface area contributed by atoms with Crippen molar-refractivity contribution in [1.82, 2.24) is 0 Å². The molecule has 0 aromatic heterocycles. The summed E-state index contributed by atoms with van der Waals surface area (Å²) in [5.74, 6) is 7.12. The number of allylic oxidation sites excluding steroid dienone is 3. The third-order valence-corrected chi connectivity index (χ3v) is 9.57. The minimum absolute atomic E-state index is 0.130. The lowest BCUT2D eigenvalue weighted by molar-refractivity contribution is -0.164. The number of hydrogen-bond acceptors (Lipinski definition) is 5. The fraction of sp³-hybridized carbons (Fsp3) is 0.786. The maximum Gasteiger partial charge on any atom is 0.172 e. The van der Waals surface area contributed by atoms with E-state index in [9.17, 15) is 5.11 Å². The van der Waals surface area contributed by atoms with Crippen molar-refractivity contribution in [1.29, 1.82) is 0 Å². The molecule has 1 saturated carbocycles. The van der Waals surface area contributed by atoms with E-state index in [1.54, 1.807) is 16.7 Å². The molecule has 5 nitrogen and oxygen atoms in total. The number of aliphatic hydroxyl groups is 1. The summed E-state index contributed by atoms with van der Waals surface area (Å²) in [7, 11) is 0. The molecule has 0 radical (unpaired) electrons. The van der Waals surface area contributed by atoms with Crippen LogP contribution in [0.4, 0.5) is 0 Å². The third-order valence-electron chi connectivity index (χ3n) is 9.57. The van der Waals surface area contributed by atoms with Gasteiger partial charge in [0.2, 0.25) is 0 Å². The molecular weight excluding hydrogens is 416 g/mol. The molecule has 6 rings (SSSR count). The minimum atomic E-state index is -0.937. The quantitative estimate of drug-likeness (QED) is 0.616. The molecule has 0 aromatic rings. The van der Waals surface area contributed by atoms with Crippen molar-refractivity contribution in [3.05, 3.63) is 22.8 Å². The van der Waals surface area contributed by atoms with Gasteiger partial charge in [-0.15, -0.1) is 0 Å². The lowest BCUT2D eigenvalue weighted by atomic mass is 9.56. The van der Waals surface area contributed by atoms with Crippen molar-refractivity contribution in [2.24, 2.45) is 17.3 Å². The van der Waals surface area contributed by atoms with Crippen molar-refractivity contribution >= 4 is 0 Å². The van der Waals surface area contributed by atoms with Gasteiger partial charge in [0.05, 0.1) is 13.2 Å². The summed E-state index contributed by atoms with van der Waals surface area (Å²) in [5, 5.41) is 11.7. The molecule has 1 N–H and O–H groups in total. The summed E-state index contributed by atoms with van der Waals surface area (Å²) < 4.78 is 23.5. The van der Waals surface area contributed by atoms with E-state index < -0.39 is 5.60 Å². The molecule has 2 saturated heterocycles. The van der Waals surface area contributed by atoms with Gasteiger partial charge in [0.1, 0.15) is 12.2 Å². The largest absolute Gasteiger partial charge is 0.377 e. The number of hydrogen-bond donors (Lipinski definition) is 1. The van der Waals surface area contributed by atoms with Crippen molar-refractivity contribution in [3.8, 4) is 11.8 Å². The fourth-order valence-electron chi connectivity index (χ4n) is 7.67. The van der Waals surface area contributed by atoms with E-state index in [0.717, 1.165) is 84.0 Å². The van der Waals surface area contributed by atoms with E-state index in [0.29, 0.717) is 18.4 Å². The topological polar surface area (TPSA) is 57.2 Å². The average molecular weight is 455 g/mol. The molecule has 3 fully saturated rings. The van der Waals surface area contributed by atoms with Crippen LogP contribution in [0.15, 0.2) is 22.8 Å². The molecule has 33 heavy (non-hydrogen) atoms. The second-order valence-corrected chi connectivity index (χ2v) is 11.2. The first-order chi connectivity index (χ1) is 16.0. The number of fused-ring (bicyclic) bond motifs is 4. The first-order valence-corrected chi connectivity index (χ1v) is 13.2. The lowest BCUT2D eigenvalue weighted by Crippen LogP contribution is -2.48. The van der Waals surface area contributed by atoms with Crippen molar-refractivity contribution < 1.29 is 24.1 Å². The van der Waals surface area contributed by atoms with Gasteiger partial charge in [-0.3, -0.25) is 0 Å². The van der Waals surface area contributed by atoms with Crippen molar-refractivity contribution in [2.75, 3.05) is 26.4 Å². The Morgan fingerprint density at radius 2 is 1.97 bits per heavy atom. The summed E-state index contributed by atoms with van der Waals surface area (Å²) in [6, 6.07) is 0. The Kier molecular flexibility index (Phi) is 5.75. The van der Waals surface area contributed by atoms with E-state index >= 15 is 0 Å². The molecule has 2 aliphatic heterocycles. The molecule has 1 spiro atoms. The molecule has 0 amide bonds. The Morgan fingerprint density at radius 1 is 1.09 bits per heavy atom. The number of rotatable bonds is 2. The molecule has 5 atom stereocenters. The predicted octanol–water partition coefficient (Wildman–Crippen LogP) is 4.64. The summed E-state index contributed by atoms with van der Waals surface area (Å²) in [6.45, 7) is 4.84. The maximum atomic E-state index is 11.7. The zero-order valence-electron chi connectivity index (χ0n) is 20.0. The molecule has 180 valence electrons. The second-order valence-electron chi connectivity index (χ2n) is 11.2. The van der Waals surface area contributed by atoms with Crippen LogP contribution >= 0.6 is 0 Å². The maximum absolute atomic E-state index is 11.7. The van der Waals surface area contributed by atoms with E-state index in [-0.39, 0.29) is 17.5 Å². The van der Waals surface area contributed by atoms with Gasteiger partial charge in [0.15, 0.2) is 12.1 Å². The van der Waals surface area contributed by atoms with Crippen LogP contribution in [0.3, 0.4) is 0 Å². The van der Waals surface area contributed by atoms with E-state index in [1.165, 1.54) is 6.42 Å². The van der Waals surface area contributed by atoms with Gasteiger partial charge < -0.3 is 24.1 Å². The molecule has 6 aliphatic rings. The molecule has 1 unspecified atom stereocenters. The predicted molar refractivity (Wildman–Crippen MR) is 124 cm³/mol. The SMILES string of the molecule is C[C@]12CC=C3C4=C(CC[C@H]3[C@@H]1CC[C@@]2(O)C#CCOC1CCCCO1)CC1(CC4)OCCO1. The van der Waals surface area contributed by atoms with Gasteiger partial charge in [-0.2, -0.15) is 0 Å². The van der Waals surface area contributed by atoms with E-state index in [4.69, 9.17) is 18.9 Å². The molecule has 2 heterocycles. The Bertz CT molecular complexity index is 897. The average Bonchev–Trinajstić information content (AvgIpc) is 3.39. The standard InChI is InChI=1S/C28H38O5/c1-26-12-8-22-21-9-14-28(32-17-18-33-28)19-20(21)6-7-23(22)24(26)10-13-27(26,29)11-4-16-31-25-5-2-3-15-30-25/h8,23-25,29H,2-3,5-7,9-10,12-19H2,1H3/t23-,24+,25?,26+,27+/m1/s1. The summed E-state index contributed by atoms with van der Waals surface area (Å²) in [5.41, 5.74) is 3.58. The molecule has 0 aromatic carbocycles. The van der Waals surface area contributed by atoms with Gasteiger partial charge >= 0.3 is 0 Å². The smallest absolute Gasteiger partial charge is 0.172 e. The Balaban J connectivity index is 1.18. The Hall–Kier alpha value is -1.16. The van der Waals surface area contributed by atoms with Crippen molar-refractivity contribution in [2.45, 2.75) is 95.2 Å². The first-order valence-electron chi connectivity index (χ1n) is 13.2. The first kappa shape index (κ1) is 22.3. The van der Waals surface area contributed by atoms with Crippen LogP contribution in [0.25, 0.3) is 0 Å². The van der Waals surface area contributed by atoms with Gasteiger partial charge in [-0.25, -0.2) is 0 Å². The van der Waals surface area contributed by atoms with E-state index in [1.807, 2.05) is 0 Å². The highest BCUT2D eigenvalue weighted by Crippen LogP contribution is 2.62. The summed E-state index contributed by atoms with van der Waals surface area (Å²) in [4.78, 5) is 0. The van der Waals surface area contributed by atoms with Crippen molar-refractivity contribution in [3.63, 3.8) is 0 Å². The Morgan fingerprint density at radius 3 is 2.79 bits per heavy atom. The van der Waals surface area contributed by atoms with E-state index in [2.05, 4.69) is 24.8 Å². The normalized spacial score (nSPS) is 41.6. The number of ether oxygens (including phenoxy) is 4. The van der Waals surface area contributed by atoms with Gasteiger partial charge in [-0.05, 0) is 80.8 Å². The van der Waals surface area contributed by atoms with Crippen LogP contribution in [-0.2, 0) is 18.9 Å². The van der Waals surface area contributed by atoms with Gasteiger partial charge in [-0.1, -0.05) is 30.4 Å². The zero-order chi connectivity index (χ0) is 22.5. The Labute approximate surface area is 197 Å². The monoisotopic (exact) mass is 454 g/mol. The minimum Gasteiger partial charge on any atom is -0.377 e.